The van der Waals surface area contributed by atoms with Gasteiger partial charge in [-0.1, -0.05) is 18.2 Å². The fourth-order valence-electron chi connectivity index (χ4n) is 0.722. The topological polar surface area (TPSA) is 43.4 Å². The molecule has 1 aromatic rings. The van der Waals surface area contributed by atoms with Gasteiger partial charge in [-0.3, -0.25) is 7.86 Å². The number of alkyl halides is 1. The summed E-state index contributed by atoms with van der Waals surface area (Å²) in [6.07, 6.45) is 0. The molecule has 1 aromatic carbocycles. The Kier molecular flexibility index (Phi) is 4.01. The van der Waals surface area contributed by atoms with Gasteiger partial charge in [0.05, 0.1) is 0 Å². The van der Waals surface area contributed by atoms with Gasteiger partial charge in [0.2, 0.25) is 0 Å². The summed E-state index contributed by atoms with van der Waals surface area (Å²) in [6.45, 7) is 1.60. The molecule has 0 fully saturated rings. The lowest BCUT2D eigenvalue weighted by atomic mass is 10.3. The molecular formula is C9H9IO3. The van der Waals surface area contributed by atoms with Gasteiger partial charge in [0.1, 0.15) is 9.67 Å². The number of benzene rings is 1. The van der Waals surface area contributed by atoms with Crippen molar-refractivity contribution >= 4 is 27.2 Å². The Balaban J connectivity index is 2.60. The number of esters is 1. The van der Waals surface area contributed by atoms with Crippen molar-refractivity contribution in [1.29, 1.82) is 0 Å². The number of ether oxygens (including phenoxy) is 1. The maximum absolute atomic E-state index is 11.1. The molecule has 3 nitrogen and oxygen atoms in total. The first-order valence-electron chi connectivity index (χ1n) is 3.76. The van der Waals surface area contributed by atoms with Crippen LogP contribution in [0, 0.1) is 0 Å². The van der Waals surface area contributed by atoms with E-state index in [1.807, 2.05) is 6.07 Å². The SMILES string of the molecule is CC(I=O)C(=O)Oc1ccccc1. The van der Waals surface area contributed by atoms with Gasteiger partial charge in [-0.05, 0) is 19.1 Å². The summed E-state index contributed by atoms with van der Waals surface area (Å²) in [7, 11) is 0. The highest BCUT2D eigenvalue weighted by Crippen LogP contribution is 2.13. The van der Waals surface area contributed by atoms with E-state index in [9.17, 15) is 7.86 Å². The maximum atomic E-state index is 11.1. The van der Waals surface area contributed by atoms with Crippen molar-refractivity contribution < 1.29 is 12.6 Å². The minimum atomic E-state index is -1.32. The standard InChI is InChI=1S/C9H9IO3/c1-7(10-12)9(11)13-8-5-3-2-4-6-8/h2-7H,1H3. The molecule has 70 valence electrons. The lowest BCUT2D eigenvalue weighted by Crippen LogP contribution is -2.17. The summed E-state index contributed by atoms with van der Waals surface area (Å²) in [5.41, 5.74) is 0. The third-order valence-corrected chi connectivity index (χ3v) is 2.69. The van der Waals surface area contributed by atoms with Crippen LogP contribution >= 0.6 is 21.2 Å². The highest BCUT2D eigenvalue weighted by Gasteiger charge is 2.14. The molecule has 0 saturated carbocycles. The predicted octanol–water partition coefficient (Wildman–Crippen LogP) is 2.30. The molecule has 0 aliphatic rings. The van der Waals surface area contributed by atoms with Crippen LogP contribution in [-0.2, 0) is 7.86 Å². The molecule has 0 heterocycles. The summed E-state index contributed by atoms with van der Waals surface area (Å²) in [6, 6.07) is 8.77. The third kappa shape index (κ3) is 3.22. The number of rotatable bonds is 3. The van der Waals surface area contributed by atoms with E-state index in [1.165, 1.54) is 0 Å². The molecule has 0 saturated heterocycles. The Labute approximate surface area is 86.7 Å². The summed E-state index contributed by atoms with van der Waals surface area (Å²) in [5.74, 6) is 0.0748. The van der Waals surface area contributed by atoms with E-state index in [-0.39, 0.29) is 0 Å². The van der Waals surface area contributed by atoms with E-state index < -0.39 is 31.1 Å². The van der Waals surface area contributed by atoms with Gasteiger partial charge >= 0.3 is 5.97 Å². The van der Waals surface area contributed by atoms with Crippen molar-refractivity contribution in [3.63, 3.8) is 0 Å². The van der Waals surface area contributed by atoms with Crippen LogP contribution in [0.2, 0.25) is 0 Å². The summed E-state index contributed by atoms with van der Waals surface area (Å²) < 4.78 is 15.0. The first kappa shape index (κ1) is 10.3. The molecule has 1 rings (SSSR count). The van der Waals surface area contributed by atoms with Gasteiger partial charge in [-0.2, -0.15) is 0 Å². The number of carbonyl (C=O) groups excluding carboxylic acids is 1. The van der Waals surface area contributed by atoms with Crippen LogP contribution in [0.25, 0.3) is 0 Å². The Bertz CT molecular complexity index is 297. The Morgan fingerprint density at radius 2 is 2.00 bits per heavy atom. The first-order chi connectivity index (χ1) is 6.24. The second-order valence-corrected chi connectivity index (χ2v) is 4.82. The van der Waals surface area contributed by atoms with Crippen LogP contribution in [0.3, 0.4) is 0 Å². The van der Waals surface area contributed by atoms with Crippen molar-refractivity contribution in [1.82, 2.24) is 0 Å². The average molecular weight is 292 g/mol. The zero-order valence-electron chi connectivity index (χ0n) is 7.07. The molecule has 0 aliphatic carbocycles. The fraction of sp³-hybridized carbons (Fsp3) is 0.222. The molecule has 0 aromatic heterocycles. The monoisotopic (exact) mass is 292 g/mol. The molecular weight excluding hydrogens is 283 g/mol. The second kappa shape index (κ2) is 5.06. The molecule has 0 amide bonds. The zero-order valence-corrected chi connectivity index (χ0v) is 9.22. The van der Waals surface area contributed by atoms with E-state index >= 15 is 0 Å². The van der Waals surface area contributed by atoms with E-state index in [1.54, 1.807) is 31.2 Å². The van der Waals surface area contributed by atoms with Crippen molar-refractivity contribution in [3.8, 4) is 5.75 Å². The quantitative estimate of drug-likeness (QED) is 0.371. The molecule has 4 heteroatoms. The largest absolute Gasteiger partial charge is 0.426 e. The average Bonchev–Trinajstić information content (AvgIpc) is 2.18. The van der Waals surface area contributed by atoms with Gasteiger partial charge < -0.3 is 4.74 Å². The first-order valence-corrected chi connectivity index (χ1v) is 5.89. The van der Waals surface area contributed by atoms with Gasteiger partial charge in [0.25, 0.3) is 0 Å². The van der Waals surface area contributed by atoms with Crippen molar-refractivity contribution in [2.24, 2.45) is 0 Å². The normalized spacial score (nSPS) is 12.1. The van der Waals surface area contributed by atoms with E-state index in [0.29, 0.717) is 5.75 Å². The van der Waals surface area contributed by atoms with Crippen LogP contribution in [0.4, 0.5) is 0 Å². The fourth-order valence-corrected chi connectivity index (χ4v) is 1.06. The summed E-state index contributed by atoms with van der Waals surface area (Å²) in [4.78, 5) is 11.1. The zero-order chi connectivity index (χ0) is 9.68. The Morgan fingerprint density at radius 1 is 1.38 bits per heavy atom. The van der Waals surface area contributed by atoms with Crippen LogP contribution in [-0.4, -0.2) is 9.89 Å². The number of para-hydroxylation sites is 1. The van der Waals surface area contributed by atoms with Crippen LogP contribution in [0.5, 0.6) is 5.75 Å². The number of halogens is 1. The molecule has 1 unspecified atom stereocenters. The van der Waals surface area contributed by atoms with Gasteiger partial charge in [-0.15, -0.1) is 0 Å². The molecule has 1 atom stereocenters. The third-order valence-electron chi connectivity index (χ3n) is 1.42. The Hall–Kier alpha value is -0.780. The summed E-state index contributed by atoms with van der Waals surface area (Å²) in [5, 5.41) is 0. The van der Waals surface area contributed by atoms with Gasteiger partial charge in [0, 0.05) is 0 Å². The van der Waals surface area contributed by atoms with E-state index in [0.717, 1.165) is 0 Å². The van der Waals surface area contributed by atoms with Crippen molar-refractivity contribution in [2.75, 3.05) is 0 Å². The smallest absolute Gasteiger partial charge is 0.326 e. The Morgan fingerprint density at radius 3 is 2.54 bits per heavy atom. The molecule has 13 heavy (non-hydrogen) atoms. The predicted molar refractivity (Wildman–Crippen MR) is 56.2 cm³/mol. The highest BCUT2D eigenvalue weighted by atomic mass is 127. The molecule has 0 spiro atoms. The van der Waals surface area contributed by atoms with Gasteiger partial charge in [0.15, 0.2) is 21.2 Å². The lowest BCUT2D eigenvalue weighted by Gasteiger charge is -2.03. The molecule has 0 radical (unpaired) electrons. The number of carbonyl (C=O) groups is 1. The minimum absolute atomic E-state index is 0.422. The minimum Gasteiger partial charge on any atom is -0.426 e. The second-order valence-electron chi connectivity index (χ2n) is 2.44. The molecule has 0 aliphatic heterocycles. The van der Waals surface area contributed by atoms with Gasteiger partial charge in [-0.25, -0.2) is 0 Å². The van der Waals surface area contributed by atoms with Crippen LogP contribution in [0.15, 0.2) is 30.3 Å². The van der Waals surface area contributed by atoms with E-state index in [4.69, 9.17) is 4.74 Å². The van der Waals surface area contributed by atoms with E-state index in [2.05, 4.69) is 0 Å². The highest BCUT2D eigenvalue weighted by molar-refractivity contribution is 14.1. The molecule has 0 bridgehead atoms. The number of hydrogen-bond donors (Lipinski definition) is 0. The van der Waals surface area contributed by atoms with Crippen LogP contribution < -0.4 is 4.74 Å². The molecule has 0 N–H and O–H groups in total. The van der Waals surface area contributed by atoms with Crippen molar-refractivity contribution in [3.05, 3.63) is 30.3 Å². The summed E-state index contributed by atoms with van der Waals surface area (Å²) >= 11 is -1.32. The number of hydrogen-bond acceptors (Lipinski definition) is 3. The maximum Gasteiger partial charge on any atom is 0.326 e. The van der Waals surface area contributed by atoms with Crippen LogP contribution in [0.1, 0.15) is 6.92 Å². The van der Waals surface area contributed by atoms with Crippen molar-refractivity contribution in [2.45, 2.75) is 10.8 Å². The lowest BCUT2D eigenvalue weighted by molar-refractivity contribution is -0.133.